The fourth-order valence-electron chi connectivity index (χ4n) is 2.98. The zero-order valence-electron chi connectivity index (χ0n) is 9.37. The highest BCUT2D eigenvalue weighted by Gasteiger charge is 2.40. The second-order valence-electron chi connectivity index (χ2n) is 4.82. The first-order valence-corrected chi connectivity index (χ1v) is 5.97. The minimum Gasteiger partial charge on any atom is -0.345 e. The number of fused-ring (bicyclic) bond motifs is 2. The van der Waals surface area contributed by atoms with Crippen molar-refractivity contribution in [2.45, 2.75) is 32.1 Å². The third kappa shape index (κ3) is 2.11. The van der Waals surface area contributed by atoms with Crippen LogP contribution in [0.3, 0.4) is 0 Å². The van der Waals surface area contributed by atoms with E-state index in [0.29, 0.717) is 12.3 Å². The molecule has 0 heterocycles. The minimum atomic E-state index is 0.00125. The van der Waals surface area contributed by atoms with Crippen LogP contribution in [0.2, 0.25) is 0 Å². The summed E-state index contributed by atoms with van der Waals surface area (Å²) in [5.41, 5.74) is 0. The molecule has 0 radical (unpaired) electrons. The van der Waals surface area contributed by atoms with Crippen LogP contribution in [0.4, 0.5) is 0 Å². The largest absolute Gasteiger partial charge is 0.345 e. The van der Waals surface area contributed by atoms with Crippen LogP contribution >= 0.6 is 0 Å². The maximum Gasteiger partial charge on any atom is 0.223 e. The molecule has 1 amide bonds. The van der Waals surface area contributed by atoms with E-state index in [1.165, 1.54) is 0 Å². The van der Waals surface area contributed by atoms with Crippen molar-refractivity contribution < 1.29 is 9.59 Å². The summed E-state index contributed by atoms with van der Waals surface area (Å²) < 4.78 is 0. The van der Waals surface area contributed by atoms with Crippen molar-refractivity contribution in [2.75, 3.05) is 6.54 Å². The second kappa shape index (κ2) is 4.69. The second-order valence-corrected chi connectivity index (χ2v) is 4.82. The Morgan fingerprint density at radius 2 is 2.00 bits per heavy atom. The summed E-state index contributed by atoms with van der Waals surface area (Å²) in [5, 5.41) is 2.72. The molecule has 2 atom stereocenters. The molecule has 2 fully saturated rings. The van der Waals surface area contributed by atoms with Crippen molar-refractivity contribution in [3.05, 3.63) is 0 Å². The molecule has 1 N–H and O–H groups in total. The summed E-state index contributed by atoms with van der Waals surface area (Å²) in [6.07, 6.45) is 9.63. The van der Waals surface area contributed by atoms with Crippen molar-refractivity contribution in [1.29, 1.82) is 0 Å². The van der Waals surface area contributed by atoms with E-state index in [0.717, 1.165) is 32.1 Å². The monoisotopic (exact) mass is 219 g/mol. The van der Waals surface area contributed by atoms with Crippen LogP contribution in [0.15, 0.2) is 0 Å². The summed E-state index contributed by atoms with van der Waals surface area (Å²) in [7, 11) is 0. The first kappa shape index (κ1) is 11.2. The lowest BCUT2D eigenvalue weighted by atomic mass is 9.67. The average Bonchev–Trinajstić information content (AvgIpc) is 2.25. The highest BCUT2D eigenvalue weighted by molar-refractivity contribution is 5.88. The molecule has 2 bridgehead atoms. The molecule has 0 saturated heterocycles. The fraction of sp³-hybridized carbons (Fsp3) is 0.692. The number of hydrogen-bond donors (Lipinski definition) is 1. The van der Waals surface area contributed by atoms with Crippen LogP contribution in [0.25, 0.3) is 0 Å². The predicted octanol–water partition coefficient (Wildman–Crippen LogP) is 1.13. The topological polar surface area (TPSA) is 46.2 Å². The Hall–Kier alpha value is -1.30. The lowest BCUT2D eigenvalue weighted by molar-refractivity contribution is -0.137. The Labute approximate surface area is 96.0 Å². The van der Waals surface area contributed by atoms with E-state index in [4.69, 9.17) is 6.42 Å². The zero-order chi connectivity index (χ0) is 11.5. The fourth-order valence-corrected chi connectivity index (χ4v) is 2.98. The summed E-state index contributed by atoms with van der Waals surface area (Å²) in [6.45, 7) is 0.290. The predicted molar refractivity (Wildman–Crippen MR) is 60.4 cm³/mol. The highest BCUT2D eigenvalue weighted by Crippen LogP contribution is 2.39. The van der Waals surface area contributed by atoms with Crippen molar-refractivity contribution >= 4 is 11.7 Å². The van der Waals surface area contributed by atoms with Gasteiger partial charge in [0.25, 0.3) is 0 Å². The summed E-state index contributed by atoms with van der Waals surface area (Å²) >= 11 is 0. The average molecular weight is 219 g/mol. The van der Waals surface area contributed by atoms with Gasteiger partial charge in [-0.05, 0) is 25.7 Å². The number of carbonyl (C=O) groups excluding carboxylic acids is 2. The number of rotatable bonds is 2. The summed E-state index contributed by atoms with van der Waals surface area (Å²) in [5.74, 6) is 3.09. The van der Waals surface area contributed by atoms with Gasteiger partial charge < -0.3 is 5.32 Å². The minimum absolute atomic E-state index is 0.00125. The van der Waals surface area contributed by atoms with Gasteiger partial charge in [-0.2, -0.15) is 0 Å². The van der Waals surface area contributed by atoms with E-state index in [-0.39, 0.29) is 23.7 Å². The Morgan fingerprint density at radius 3 is 2.56 bits per heavy atom. The molecule has 2 aliphatic rings. The van der Waals surface area contributed by atoms with Crippen LogP contribution < -0.4 is 5.32 Å². The first-order chi connectivity index (χ1) is 7.72. The molecule has 2 unspecified atom stereocenters. The molecular weight excluding hydrogens is 202 g/mol. The van der Waals surface area contributed by atoms with E-state index in [1.54, 1.807) is 0 Å². The zero-order valence-corrected chi connectivity index (χ0v) is 9.37. The molecule has 0 aromatic carbocycles. The molecule has 3 heteroatoms. The van der Waals surface area contributed by atoms with Crippen LogP contribution in [0.5, 0.6) is 0 Å². The Morgan fingerprint density at radius 1 is 1.38 bits per heavy atom. The van der Waals surface area contributed by atoms with Crippen LogP contribution in [-0.4, -0.2) is 18.2 Å². The van der Waals surface area contributed by atoms with Gasteiger partial charge in [0.2, 0.25) is 5.91 Å². The standard InChI is InChI=1S/C13H17NO2/c1-2-6-14-13(16)11-7-9-4-3-5-10(8-11)12(9)15/h1,9-11H,3-8H2,(H,14,16). The molecule has 16 heavy (non-hydrogen) atoms. The third-order valence-corrected chi connectivity index (χ3v) is 3.78. The number of ketones is 1. The molecule has 2 saturated carbocycles. The molecule has 2 aliphatic carbocycles. The molecule has 2 rings (SSSR count). The van der Waals surface area contributed by atoms with Gasteiger partial charge in [0.05, 0.1) is 6.54 Å². The molecule has 3 nitrogen and oxygen atoms in total. The van der Waals surface area contributed by atoms with Crippen molar-refractivity contribution in [2.24, 2.45) is 17.8 Å². The van der Waals surface area contributed by atoms with Crippen molar-refractivity contribution in [3.63, 3.8) is 0 Å². The third-order valence-electron chi connectivity index (χ3n) is 3.78. The number of amides is 1. The van der Waals surface area contributed by atoms with Gasteiger partial charge in [0, 0.05) is 17.8 Å². The van der Waals surface area contributed by atoms with Gasteiger partial charge in [0.1, 0.15) is 5.78 Å². The van der Waals surface area contributed by atoms with Gasteiger partial charge in [0.15, 0.2) is 0 Å². The number of carbonyl (C=O) groups is 2. The van der Waals surface area contributed by atoms with E-state index < -0.39 is 0 Å². The molecule has 0 aromatic heterocycles. The van der Waals surface area contributed by atoms with Gasteiger partial charge in [-0.25, -0.2) is 0 Å². The Balaban J connectivity index is 1.97. The molecule has 0 spiro atoms. The molecule has 0 aromatic rings. The normalized spacial score (nSPS) is 32.9. The van der Waals surface area contributed by atoms with E-state index in [2.05, 4.69) is 11.2 Å². The van der Waals surface area contributed by atoms with Crippen molar-refractivity contribution in [1.82, 2.24) is 5.32 Å². The van der Waals surface area contributed by atoms with Gasteiger partial charge >= 0.3 is 0 Å². The highest BCUT2D eigenvalue weighted by atomic mass is 16.2. The number of hydrogen-bond acceptors (Lipinski definition) is 2. The maximum absolute atomic E-state index is 11.8. The SMILES string of the molecule is C#CCNC(=O)C1CC2CCCC(C1)C2=O. The summed E-state index contributed by atoms with van der Waals surface area (Å²) in [4.78, 5) is 23.6. The van der Waals surface area contributed by atoms with Gasteiger partial charge in [-0.15, -0.1) is 6.42 Å². The summed E-state index contributed by atoms with van der Waals surface area (Å²) in [6, 6.07) is 0. The maximum atomic E-state index is 11.8. The lowest BCUT2D eigenvalue weighted by Gasteiger charge is -2.36. The number of terminal acetylenes is 1. The molecular formula is C13H17NO2. The molecule has 0 aliphatic heterocycles. The number of nitrogens with one attached hydrogen (secondary N) is 1. The van der Waals surface area contributed by atoms with E-state index in [9.17, 15) is 9.59 Å². The van der Waals surface area contributed by atoms with Crippen LogP contribution in [0.1, 0.15) is 32.1 Å². The molecule has 86 valence electrons. The lowest BCUT2D eigenvalue weighted by Crippen LogP contribution is -2.42. The number of Topliss-reactive ketones (excluding diaryl/α,β-unsaturated/α-hetero) is 1. The Kier molecular flexibility index (Phi) is 3.28. The quantitative estimate of drug-likeness (QED) is 0.708. The first-order valence-electron chi connectivity index (χ1n) is 5.97. The van der Waals surface area contributed by atoms with E-state index in [1.807, 2.05) is 0 Å². The van der Waals surface area contributed by atoms with Gasteiger partial charge in [-0.3, -0.25) is 9.59 Å². The van der Waals surface area contributed by atoms with Crippen LogP contribution in [0, 0.1) is 30.1 Å². The Bertz CT molecular complexity index is 326. The van der Waals surface area contributed by atoms with E-state index >= 15 is 0 Å². The smallest absolute Gasteiger partial charge is 0.223 e. The van der Waals surface area contributed by atoms with Crippen molar-refractivity contribution in [3.8, 4) is 12.3 Å². The van der Waals surface area contributed by atoms with Crippen LogP contribution in [-0.2, 0) is 9.59 Å². The van der Waals surface area contributed by atoms with Gasteiger partial charge in [-0.1, -0.05) is 12.3 Å².